The fourth-order valence-corrected chi connectivity index (χ4v) is 2.43. The zero-order chi connectivity index (χ0) is 14.6. The van der Waals surface area contributed by atoms with Gasteiger partial charge in [-0.1, -0.05) is 12.1 Å². The van der Waals surface area contributed by atoms with Crippen LogP contribution in [0.5, 0.6) is 0 Å². The van der Waals surface area contributed by atoms with E-state index in [-0.39, 0.29) is 0 Å². The van der Waals surface area contributed by atoms with Crippen LogP contribution in [0.1, 0.15) is 11.4 Å². The average Bonchev–Trinajstić information content (AvgIpc) is 2.79. The van der Waals surface area contributed by atoms with Crippen molar-refractivity contribution in [2.45, 2.75) is 24.5 Å². The smallest absolute Gasteiger partial charge is 0.378 e. The van der Waals surface area contributed by atoms with Gasteiger partial charge in [0.2, 0.25) is 0 Å². The predicted molar refractivity (Wildman–Crippen MR) is 73.9 cm³/mol. The van der Waals surface area contributed by atoms with E-state index in [1.807, 2.05) is 6.92 Å². The number of imidazole rings is 1. The zero-order valence-electron chi connectivity index (χ0n) is 10.8. The first-order valence-corrected chi connectivity index (χ1v) is 6.95. The van der Waals surface area contributed by atoms with Crippen LogP contribution in [0.4, 0.5) is 18.9 Å². The molecule has 108 valence electrons. The second-order valence-electron chi connectivity index (χ2n) is 4.23. The van der Waals surface area contributed by atoms with Gasteiger partial charge in [-0.25, -0.2) is 4.98 Å². The molecule has 0 aliphatic heterocycles. The van der Waals surface area contributed by atoms with Gasteiger partial charge in [0.15, 0.2) is 0 Å². The molecule has 0 amide bonds. The van der Waals surface area contributed by atoms with Gasteiger partial charge in [0, 0.05) is 16.3 Å². The molecule has 20 heavy (non-hydrogen) atoms. The molecule has 1 aromatic carbocycles. The molecule has 0 radical (unpaired) electrons. The number of thioether (sulfide) groups is 1. The number of alkyl halides is 3. The van der Waals surface area contributed by atoms with Gasteiger partial charge in [-0.2, -0.15) is 13.2 Å². The molecule has 0 spiro atoms. The van der Waals surface area contributed by atoms with Crippen LogP contribution in [0.15, 0.2) is 35.5 Å². The molecule has 7 heteroatoms. The van der Waals surface area contributed by atoms with E-state index in [0.29, 0.717) is 17.1 Å². The number of rotatable bonds is 5. The van der Waals surface area contributed by atoms with E-state index in [4.69, 9.17) is 0 Å². The number of halogens is 3. The lowest BCUT2D eigenvalue weighted by Crippen LogP contribution is -2.11. The number of hydrogen-bond donors (Lipinski definition) is 2. The van der Waals surface area contributed by atoms with Gasteiger partial charge in [-0.3, -0.25) is 0 Å². The third-order valence-electron chi connectivity index (χ3n) is 2.66. The molecule has 0 atom stereocenters. The quantitative estimate of drug-likeness (QED) is 0.821. The first-order chi connectivity index (χ1) is 9.46. The highest BCUT2D eigenvalue weighted by Crippen LogP contribution is 2.32. The largest absolute Gasteiger partial charge is 0.398 e. The van der Waals surface area contributed by atoms with Crippen molar-refractivity contribution in [3.05, 3.63) is 42.0 Å². The molecule has 0 bridgehead atoms. The van der Waals surface area contributed by atoms with Crippen molar-refractivity contribution in [1.82, 2.24) is 9.97 Å². The highest BCUT2D eigenvalue weighted by atomic mass is 32.2. The Hall–Kier alpha value is -1.63. The van der Waals surface area contributed by atoms with Crippen LogP contribution in [0.2, 0.25) is 0 Å². The number of H-pyrrole nitrogens is 1. The maximum absolute atomic E-state index is 12.3. The van der Waals surface area contributed by atoms with Crippen LogP contribution < -0.4 is 5.32 Å². The van der Waals surface area contributed by atoms with Gasteiger partial charge in [0.05, 0.1) is 24.3 Å². The van der Waals surface area contributed by atoms with E-state index < -0.39 is 11.9 Å². The number of hydrogen-bond acceptors (Lipinski definition) is 3. The van der Waals surface area contributed by atoms with E-state index in [1.165, 1.54) is 0 Å². The number of aromatic nitrogens is 2. The minimum absolute atomic E-state index is 0.471. The highest BCUT2D eigenvalue weighted by molar-refractivity contribution is 7.99. The number of anilines is 1. The maximum Gasteiger partial charge on any atom is 0.398 e. The van der Waals surface area contributed by atoms with Gasteiger partial charge in [-0.15, -0.1) is 11.8 Å². The summed E-state index contributed by atoms with van der Waals surface area (Å²) in [6, 6.07) is 6.96. The number of aromatic amines is 1. The van der Waals surface area contributed by atoms with Crippen molar-refractivity contribution in [3.63, 3.8) is 0 Å². The molecular formula is C13H14F3N3S. The number of para-hydroxylation sites is 1. The first-order valence-electron chi connectivity index (χ1n) is 5.97. The molecule has 0 aliphatic rings. The Labute approximate surface area is 119 Å². The van der Waals surface area contributed by atoms with Crippen molar-refractivity contribution in [2.75, 3.05) is 11.1 Å². The standard InChI is InChI=1S/C13H14F3N3S/c1-9-11(19-8-18-9)6-17-10-4-2-3-5-12(10)20-7-13(14,15)16/h2-5,8,17H,6-7H2,1H3,(H,18,19). The second-order valence-corrected chi connectivity index (χ2v) is 5.24. The SMILES string of the molecule is Cc1[nH]cnc1CNc1ccccc1SCC(F)(F)F. The number of aryl methyl sites for hydroxylation is 1. The first kappa shape index (κ1) is 14.8. The van der Waals surface area contributed by atoms with E-state index in [2.05, 4.69) is 15.3 Å². The summed E-state index contributed by atoms with van der Waals surface area (Å²) in [4.78, 5) is 7.68. The third kappa shape index (κ3) is 4.19. The summed E-state index contributed by atoms with van der Waals surface area (Å²) in [5.74, 6) is -0.896. The van der Waals surface area contributed by atoms with Gasteiger partial charge in [-0.05, 0) is 19.1 Å². The Kier molecular flexibility index (Phi) is 4.59. The lowest BCUT2D eigenvalue weighted by atomic mass is 10.3. The summed E-state index contributed by atoms with van der Waals surface area (Å²) in [7, 11) is 0. The summed E-state index contributed by atoms with van der Waals surface area (Å²) in [5, 5.41) is 3.12. The Balaban J connectivity index is 2.02. The molecule has 0 fully saturated rings. The van der Waals surface area contributed by atoms with E-state index >= 15 is 0 Å². The Morgan fingerprint density at radius 1 is 1.30 bits per heavy atom. The lowest BCUT2D eigenvalue weighted by molar-refractivity contribution is -0.105. The summed E-state index contributed by atoms with van der Waals surface area (Å²) in [6.07, 6.45) is -2.58. The minimum Gasteiger partial charge on any atom is -0.378 e. The fourth-order valence-electron chi connectivity index (χ4n) is 1.64. The van der Waals surface area contributed by atoms with Crippen LogP contribution >= 0.6 is 11.8 Å². The van der Waals surface area contributed by atoms with Gasteiger partial charge in [0.25, 0.3) is 0 Å². The summed E-state index contributed by atoms with van der Waals surface area (Å²) in [5.41, 5.74) is 2.47. The molecule has 2 N–H and O–H groups in total. The molecule has 1 heterocycles. The van der Waals surface area contributed by atoms with Crippen molar-refractivity contribution in [2.24, 2.45) is 0 Å². The van der Waals surface area contributed by atoms with E-state index in [9.17, 15) is 13.2 Å². The third-order valence-corrected chi connectivity index (χ3v) is 3.80. The number of nitrogens with zero attached hydrogens (tertiary/aromatic N) is 1. The van der Waals surface area contributed by atoms with Crippen LogP contribution in [-0.4, -0.2) is 21.9 Å². The normalized spacial score (nSPS) is 11.6. The minimum atomic E-state index is -4.17. The number of benzene rings is 1. The summed E-state index contributed by atoms with van der Waals surface area (Å²) >= 11 is 0.780. The molecule has 0 saturated heterocycles. The fraction of sp³-hybridized carbons (Fsp3) is 0.308. The van der Waals surface area contributed by atoms with E-state index in [1.54, 1.807) is 30.6 Å². The van der Waals surface area contributed by atoms with E-state index in [0.717, 1.165) is 23.1 Å². The second kappa shape index (κ2) is 6.21. The Morgan fingerprint density at radius 2 is 2.05 bits per heavy atom. The van der Waals surface area contributed by atoms with Gasteiger partial charge in [0.1, 0.15) is 0 Å². The Bertz CT molecular complexity index is 566. The monoisotopic (exact) mass is 301 g/mol. The van der Waals surface area contributed by atoms with Crippen molar-refractivity contribution >= 4 is 17.4 Å². The van der Waals surface area contributed by atoms with Crippen molar-refractivity contribution < 1.29 is 13.2 Å². The van der Waals surface area contributed by atoms with Crippen LogP contribution in [0.3, 0.4) is 0 Å². The topological polar surface area (TPSA) is 40.7 Å². The van der Waals surface area contributed by atoms with Crippen LogP contribution in [0, 0.1) is 6.92 Å². The molecule has 2 rings (SSSR count). The molecule has 0 aliphatic carbocycles. The average molecular weight is 301 g/mol. The van der Waals surface area contributed by atoms with Crippen molar-refractivity contribution in [3.8, 4) is 0 Å². The van der Waals surface area contributed by atoms with Gasteiger partial charge >= 0.3 is 6.18 Å². The zero-order valence-corrected chi connectivity index (χ0v) is 11.6. The molecule has 0 unspecified atom stereocenters. The van der Waals surface area contributed by atoms with Crippen LogP contribution in [-0.2, 0) is 6.54 Å². The molecule has 3 nitrogen and oxygen atoms in total. The maximum atomic E-state index is 12.3. The summed E-state index contributed by atoms with van der Waals surface area (Å²) < 4.78 is 36.8. The molecule has 2 aromatic rings. The predicted octanol–water partition coefficient (Wildman–Crippen LogP) is 3.98. The number of nitrogens with one attached hydrogen (secondary N) is 2. The molecular weight excluding hydrogens is 287 g/mol. The Morgan fingerprint density at radius 3 is 2.70 bits per heavy atom. The van der Waals surface area contributed by atoms with Crippen molar-refractivity contribution in [1.29, 1.82) is 0 Å². The highest BCUT2D eigenvalue weighted by Gasteiger charge is 2.27. The lowest BCUT2D eigenvalue weighted by Gasteiger charge is -2.12. The summed E-state index contributed by atoms with van der Waals surface area (Å²) in [6.45, 7) is 2.37. The van der Waals surface area contributed by atoms with Gasteiger partial charge < -0.3 is 10.3 Å². The van der Waals surface area contributed by atoms with Crippen LogP contribution in [0.25, 0.3) is 0 Å². The molecule has 0 saturated carbocycles. The molecule has 1 aromatic heterocycles.